The Balaban J connectivity index is 1.28. The lowest BCUT2D eigenvalue weighted by Crippen LogP contribution is -2.24. The van der Waals surface area contributed by atoms with E-state index in [1.165, 1.54) is 16.8 Å². The molecule has 0 spiro atoms. The zero-order valence-electron chi connectivity index (χ0n) is 18.8. The summed E-state index contributed by atoms with van der Waals surface area (Å²) in [5.41, 5.74) is 8.92. The van der Waals surface area contributed by atoms with Crippen LogP contribution in [0.4, 0.5) is 10.2 Å². The van der Waals surface area contributed by atoms with Gasteiger partial charge in [0.2, 0.25) is 0 Å². The first kappa shape index (κ1) is 23.4. The van der Waals surface area contributed by atoms with Gasteiger partial charge >= 0.3 is 0 Å². The summed E-state index contributed by atoms with van der Waals surface area (Å²) >= 11 is 0. The first-order chi connectivity index (χ1) is 17.0. The van der Waals surface area contributed by atoms with E-state index in [9.17, 15) is 14.4 Å². The predicted molar refractivity (Wildman–Crippen MR) is 128 cm³/mol. The molecule has 8 nitrogen and oxygen atoms in total. The van der Waals surface area contributed by atoms with Gasteiger partial charge in [-0.25, -0.2) is 9.07 Å². The Hall–Kier alpha value is -4.71. The number of anilines is 1. The highest BCUT2D eigenvalue weighted by molar-refractivity contribution is 5.94. The lowest BCUT2D eigenvalue weighted by molar-refractivity contribution is 0.0953. The molecule has 2 heterocycles. The number of hydrogen-bond donors (Lipinski definition) is 2. The fourth-order valence-electron chi connectivity index (χ4n) is 3.47. The number of nitrogens with zero attached hydrogens (tertiary/aromatic N) is 4. The van der Waals surface area contributed by atoms with E-state index in [1.54, 1.807) is 48.8 Å². The second-order valence-corrected chi connectivity index (χ2v) is 7.74. The first-order valence-electron chi connectivity index (χ1n) is 11.0. The molecule has 0 radical (unpaired) electrons. The molecule has 0 atom stereocenters. The van der Waals surface area contributed by atoms with Gasteiger partial charge in [-0.2, -0.15) is 10.4 Å². The summed E-state index contributed by atoms with van der Waals surface area (Å²) in [6, 6.07) is 18.4. The summed E-state index contributed by atoms with van der Waals surface area (Å²) in [5.74, 6) is 0.274. The Morgan fingerprint density at radius 1 is 1.14 bits per heavy atom. The molecule has 0 aliphatic rings. The summed E-state index contributed by atoms with van der Waals surface area (Å²) in [7, 11) is 0. The lowest BCUT2D eigenvalue weighted by Gasteiger charge is -2.08. The number of benzene rings is 2. The largest absolute Gasteiger partial charge is 0.489 e. The number of amides is 1. The Morgan fingerprint density at radius 3 is 2.60 bits per heavy atom. The molecule has 176 valence electrons. The smallest absolute Gasteiger partial charge is 0.251 e. The normalized spacial score (nSPS) is 10.5. The molecule has 0 fully saturated rings. The molecule has 0 unspecified atom stereocenters. The van der Waals surface area contributed by atoms with Gasteiger partial charge in [0.25, 0.3) is 5.91 Å². The Labute approximate surface area is 201 Å². The van der Waals surface area contributed by atoms with Gasteiger partial charge in [-0.05, 0) is 67.4 Å². The van der Waals surface area contributed by atoms with Crippen molar-refractivity contribution in [1.29, 1.82) is 5.26 Å². The third-order valence-electron chi connectivity index (χ3n) is 5.30. The van der Waals surface area contributed by atoms with Crippen molar-refractivity contribution in [3.05, 3.63) is 101 Å². The first-order valence-corrected chi connectivity index (χ1v) is 11.0. The quantitative estimate of drug-likeness (QED) is 0.359. The maximum Gasteiger partial charge on any atom is 0.251 e. The summed E-state index contributed by atoms with van der Waals surface area (Å²) in [6.07, 6.45) is 4.45. The van der Waals surface area contributed by atoms with Gasteiger partial charge in [0, 0.05) is 30.1 Å². The van der Waals surface area contributed by atoms with Crippen LogP contribution < -0.4 is 15.8 Å². The Kier molecular flexibility index (Phi) is 7.33. The molecular formula is C26H23FN6O2. The zero-order valence-corrected chi connectivity index (χ0v) is 18.8. The number of pyridine rings is 1. The molecule has 4 aromatic rings. The fourth-order valence-corrected chi connectivity index (χ4v) is 3.47. The zero-order chi connectivity index (χ0) is 24.6. The number of nitrogen functional groups attached to an aromatic ring is 1. The number of rotatable bonds is 9. The second-order valence-electron chi connectivity index (χ2n) is 7.74. The van der Waals surface area contributed by atoms with Gasteiger partial charge in [0.15, 0.2) is 0 Å². The summed E-state index contributed by atoms with van der Waals surface area (Å²) in [5, 5.41) is 16.8. The third-order valence-corrected chi connectivity index (χ3v) is 5.30. The van der Waals surface area contributed by atoms with Gasteiger partial charge in [0.1, 0.15) is 35.6 Å². The van der Waals surface area contributed by atoms with E-state index in [-0.39, 0.29) is 23.1 Å². The number of carbonyl (C=O) groups is 1. The van der Waals surface area contributed by atoms with E-state index >= 15 is 0 Å². The minimum atomic E-state index is -0.372. The van der Waals surface area contributed by atoms with E-state index in [4.69, 9.17) is 10.5 Å². The monoisotopic (exact) mass is 470 g/mol. The second kappa shape index (κ2) is 10.9. The van der Waals surface area contributed by atoms with Gasteiger partial charge in [-0.15, -0.1) is 0 Å². The number of nitriles is 1. The summed E-state index contributed by atoms with van der Waals surface area (Å²) in [6.45, 7) is 0.789. The summed E-state index contributed by atoms with van der Waals surface area (Å²) < 4.78 is 20.3. The maximum atomic E-state index is 13.2. The van der Waals surface area contributed by atoms with Gasteiger partial charge in [-0.3, -0.25) is 9.78 Å². The average Bonchev–Trinajstić information content (AvgIpc) is 3.21. The Morgan fingerprint density at radius 2 is 1.91 bits per heavy atom. The van der Waals surface area contributed by atoms with Gasteiger partial charge in [0.05, 0.1) is 11.4 Å². The van der Waals surface area contributed by atoms with Gasteiger partial charge in [-0.1, -0.05) is 6.07 Å². The van der Waals surface area contributed by atoms with Crippen molar-refractivity contribution < 1.29 is 13.9 Å². The highest BCUT2D eigenvalue weighted by Gasteiger charge is 2.16. The molecule has 2 aromatic heterocycles. The fraction of sp³-hybridized carbons (Fsp3) is 0.154. The van der Waals surface area contributed by atoms with E-state index in [2.05, 4.69) is 21.5 Å². The minimum Gasteiger partial charge on any atom is -0.489 e. The van der Waals surface area contributed by atoms with Crippen LogP contribution in [0.2, 0.25) is 0 Å². The van der Waals surface area contributed by atoms with Gasteiger partial charge < -0.3 is 15.8 Å². The number of nitrogens with one attached hydrogen (secondary N) is 1. The standard InChI is InChI=1S/C26H23FN6O2/c27-20-7-9-21(10-8-20)33-25(29)23(15-28)24(32-33)4-2-14-31-26(34)19-5-11-22(12-6-19)35-17-18-3-1-13-30-16-18/h1,3,5-13,16H,2,4,14,17,29H2,(H,31,34). The van der Waals surface area contributed by atoms with Crippen LogP contribution in [0.5, 0.6) is 5.75 Å². The van der Waals surface area contributed by atoms with Crippen molar-refractivity contribution >= 4 is 11.7 Å². The number of hydrogen-bond acceptors (Lipinski definition) is 6. The molecule has 1 amide bonds. The highest BCUT2D eigenvalue weighted by Crippen LogP contribution is 2.22. The van der Waals surface area contributed by atoms with Crippen LogP contribution in [-0.4, -0.2) is 27.2 Å². The van der Waals surface area contributed by atoms with Crippen molar-refractivity contribution in [2.75, 3.05) is 12.3 Å². The van der Waals surface area contributed by atoms with E-state index in [0.717, 1.165) is 5.56 Å². The van der Waals surface area contributed by atoms with Crippen LogP contribution in [0.15, 0.2) is 73.1 Å². The van der Waals surface area contributed by atoms with Crippen LogP contribution in [0, 0.1) is 17.1 Å². The van der Waals surface area contributed by atoms with Crippen LogP contribution in [0.25, 0.3) is 5.69 Å². The minimum absolute atomic E-state index is 0.198. The molecule has 2 aromatic carbocycles. The topological polar surface area (TPSA) is 119 Å². The van der Waals surface area contributed by atoms with Crippen LogP contribution in [-0.2, 0) is 13.0 Å². The average molecular weight is 471 g/mol. The van der Waals surface area contributed by atoms with Crippen LogP contribution >= 0.6 is 0 Å². The number of halogens is 1. The molecule has 0 aliphatic carbocycles. The molecule has 3 N–H and O–H groups in total. The van der Waals surface area contributed by atoms with E-state index in [1.807, 2.05) is 12.1 Å². The van der Waals surface area contributed by atoms with Crippen LogP contribution in [0.3, 0.4) is 0 Å². The SMILES string of the molecule is N#Cc1c(CCCNC(=O)c2ccc(OCc3cccnc3)cc2)nn(-c2ccc(F)cc2)c1N. The van der Waals surface area contributed by atoms with Crippen molar-refractivity contribution in [3.63, 3.8) is 0 Å². The molecular weight excluding hydrogens is 447 g/mol. The van der Waals surface area contributed by atoms with E-state index < -0.39 is 0 Å². The van der Waals surface area contributed by atoms with Crippen molar-refractivity contribution in [2.45, 2.75) is 19.4 Å². The molecule has 35 heavy (non-hydrogen) atoms. The molecule has 0 saturated carbocycles. The van der Waals surface area contributed by atoms with Crippen molar-refractivity contribution in [1.82, 2.24) is 20.1 Å². The Bertz CT molecular complexity index is 1330. The predicted octanol–water partition coefficient (Wildman–Crippen LogP) is 3.80. The van der Waals surface area contributed by atoms with E-state index in [0.29, 0.717) is 48.7 Å². The highest BCUT2D eigenvalue weighted by atomic mass is 19.1. The molecule has 0 saturated heterocycles. The molecule has 0 aliphatic heterocycles. The number of carbonyl (C=O) groups excluding carboxylic acids is 1. The maximum absolute atomic E-state index is 13.2. The number of aromatic nitrogens is 3. The molecule has 0 bridgehead atoms. The number of ether oxygens (including phenoxy) is 1. The van der Waals surface area contributed by atoms with Crippen molar-refractivity contribution in [2.24, 2.45) is 0 Å². The molecule has 4 rings (SSSR count). The van der Waals surface area contributed by atoms with Crippen molar-refractivity contribution in [3.8, 4) is 17.5 Å². The number of aryl methyl sites for hydroxylation is 1. The lowest BCUT2D eigenvalue weighted by atomic mass is 10.1. The third kappa shape index (κ3) is 5.81. The number of nitrogens with two attached hydrogens (primary N) is 1. The molecule has 9 heteroatoms. The summed E-state index contributed by atoms with van der Waals surface area (Å²) in [4.78, 5) is 16.5. The van der Waals surface area contributed by atoms with Crippen LogP contribution in [0.1, 0.15) is 33.6 Å².